The Kier molecular flexibility index (Phi) is 5.71. The van der Waals surface area contributed by atoms with E-state index in [1.807, 2.05) is 0 Å². The number of amides is 1. The summed E-state index contributed by atoms with van der Waals surface area (Å²) in [7, 11) is -3.78. The predicted molar refractivity (Wildman–Crippen MR) is 98.7 cm³/mol. The summed E-state index contributed by atoms with van der Waals surface area (Å²) in [4.78, 5) is 24.4. The van der Waals surface area contributed by atoms with E-state index in [0.717, 1.165) is 12.1 Å². The molecular formula is C18H18FN3O5S. The molecule has 8 nitrogen and oxygen atoms in total. The van der Waals surface area contributed by atoms with Gasteiger partial charge in [-0.05, 0) is 43.2 Å². The molecule has 1 amide bonds. The van der Waals surface area contributed by atoms with Crippen molar-refractivity contribution in [1.82, 2.24) is 9.62 Å². The van der Waals surface area contributed by atoms with Crippen molar-refractivity contribution in [3.63, 3.8) is 0 Å². The van der Waals surface area contributed by atoms with Crippen molar-refractivity contribution >= 4 is 21.6 Å². The van der Waals surface area contributed by atoms with Gasteiger partial charge in [0, 0.05) is 36.8 Å². The summed E-state index contributed by atoms with van der Waals surface area (Å²) < 4.78 is 40.3. The van der Waals surface area contributed by atoms with Gasteiger partial charge in [-0.25, -0.2) is 17.5 Å². The number of likely N-dealkylation sites (tertiary alicyclic amines) is 1. The van der Waals surface area contributed by atoms with Crippen LogP contribution in [0.1, 0.15) is 23.2 Å². The van der Waals surface area contributed by atoms with Gasteiger partial charge in [-0.1, -0.05) is 6.07 Å². The summed E-state index contributed by atoms with van der Waals surface area (Å²) in [6.07, 6.45) is 0.808. The average Bonchev–Trinajstić information content (AvgIpc) is 2.68. The van der Waals surface area contributed by atoms with Gasteiger partial charge in [0.05, 0.1) is 9.82 Å². The summed E-state index contributed by atoms with van der Waals surface area (Å²) in [5.74, 6) is -0.851. The lowest BCUT2D eigenvalue weighted by Gasteiger charge is -2.32. The topological polar surface area (TPSA) is 110 Å². The molecule has 2 aromatic carbocycles. The van der Waals surface area contributed by atoms with Gasteiger partial charge in [-0.2, -0.15) is 0 Å². The number of sulfonamides is 1. The summed E-state index contributed by atoms with van der Waals surface area (Å²) in [6, 6.07) is 9.69. The molecule has 1 aliphatic rings. The average molecular weight is 407 g/mol. The monoisotopic (exact) mass is 407 g/mol. The van der Waals surface area contributed by atoms with Crippen molar-refractivity contribution in [3.8, 4) is 0 Å². The van der Waals surface area contributed by atoms with Crippen LogP contribution in [-0.4, -0.2) is 43.3 Å². The normalized spacial score (nSPS) is 15.4. The molecule has 28 heavy (non-hydrogen) atoms. The lowest BCUT2D eigenvalue weighted by Crippen LogP contribution is -2.46. The van der Waals surface area contributed by atoms with Crippen molar-refractivity contribution < 1.29 is 22.5 Å². The second kappa shape index (κ2) is 8.03. The van der Waals surface area contributed by atoms with Crippen LogP contribution in [0.3, 0.4) is 0 Å². The number of nitrogens with one attached hydrogen (secondary N) is 1. The fourth-order valence-electron chi connectivity index (χ4n) is 3.04. The lowest BCUT2D eigenvalue weighted by molar-refractivity contribution is -0.384. The second-order valence-corrected chi connectivity index (χ2v) is 8.16. The molecule has 1 fully saturated rings. The maximum atomic E-state index is 13.0. The summed E-state index contributed by atoms with van der Waals surface area (Å²) in [5.41, 5.74) is 0.0623. The highest BCUT2D eigenvalue weighted by Gasteiger charge is 2.27. The van der Waals surface area contributed by atoms with Crippen LogP contribution in [0.2, 0.25) is 0 Å². The number of nitrogens with zero attached hydrogens (tertiary/aromatic N) is 2. The quantitative estimate of drug-likeness (QED) is 0.604. The highest BCUT2D eigenvalue weighted by atomic mass is 32.2. The first-order valence-electron chi connectivity index (χ1n) is 8.58. The Morgan fingerprint density at radius 1 is 1.14 bits per heavy atom. The van der Waals surface area contributed by atoms with Crippen molar-refractivity contribution in [2.24, 2.45) is 0 Å². The van der Waals surface area contributed by atoms with Crippen LogP contribution in [-0.2, 0) is 10.0 Å². The SMILES string of the molecule is O=C(c1cccc([N+](=O)[O-])c1)N1CCC(NS(=O)(=O)c2ccc(F)cc2)CC1. The fourth-order valence-corrected chi connectivity index (χ4v) is 4.34. The molecule has 1 aliphatic heterocycles. The van der Waals surface area contributed by atoms with Crippen molar-refractivity contribution in [3.05, 3.63) is 70.0 Å². The molecule has 0 bridgehead atoms. The molecule has 0 radical (unpaired) electrons. The molecule has 1 saturated heterocycles. The zero-order valence-electron chi connectivity index (χ0n) is 14.7. The van der Waals surface area contributed by atoms with Crippen LogP contribution in [0.15, 0.2) is 53.4 Å². The molecule has 3 rings (SSSR count). The fraction of sp³-hybridized carbons (Fsp3) is 0.278. The number of hydrogen-bond donors (Lipinski definition) is 1. The van der Waals surface area contributed by atoms with Crippen LogP contribution in [0, 0.1) is 15.9 Å². The number of hydrogen-bond acceptors (Lipinski definition) is 5. The molecule has 0 unspecified atom stereocenters. The summed E-state index contributed by atoms with van der Waals surface area (Å²) in [6.45, 7) is 0.635. The van der Waals surface area contributed by atoms with Gasteiger partial charge in [0.15, 0.2) is 0 Å². The predicted octanol–water partition coefficient (Wildman–Crippen LogP) is 2.32. The minimum atomic E-state index is -3.78. The van der Waals surface area contributed by atoms with E-state index < -0.39 is 20.8 Å². The number of carbonyl (C=O) groups is 1. The zero-order chi connectivity index (χ0) is 20.3. The van der Waals surface area contributed by atoms with Crippen molar-refractivity contribution in [2.45, 2.75) is 23.8 Å². The van der Waals surface area contributed by atoms with E-state index in [1.165, 1.54) is 36.4 Å². The molecule has 2 aromatic rings. The standard InChI is InChI=1S/C18H18FN3O5S/c19-14-4-6-17(7-5-14)28(26,27)20-15-8-10-21(11-9-15)18(23)13-2-1-3-16(12-13)22(24)25/h1-7,12,15,20H,8-11H2. The molecule has 0 aliphatic carbocycles. The number of halogens is 1. The number of nitro benzene ring substituents is 1. The van der Waals surface area contributed by atoms with E-state index in [1.54, 1.807) is 4.90 Å². The Morgan fingerprint density at radius 2 is 1.79 bits per heavy atom. The third-order valence-electron chi connectivity index (χ3n) is 4.53. The largest absolute Gasteiger partial charge is 0.339 e. The number of carbonyl (C=O) groups excluding carboxylic acids is 1. The van der Waals surface area contributed by atoms with E-state index in [9.17, 15) is 27.7 Å². The molecule has 0 spiro atoms. The maximum Gasteiger partial charge on any atom is 0.270 e. The first-order chi connectivity index (χ1) is 13.3. The first kappa shape index (κ1) is 19.9. The van der Waals surface area contributed by atoms with E-state index in [0.29, 0.717) is 25.9 Å². The van der Waals surface area contributed by atoms with Gasteiger partial charge >= 0.3 is 0 Å². The summed E-state index contributed by atoms with van der Waals surface area (Å²) >= 11 is 0. The highest BCUT2D eigenvalue weighted by Crippen LogP contribution is 2.19. The maximum absolute atomic E-state index is 13.0. The van der Waals surface area contributed by atoms with Crippen molar-refractivity contribution in [1.29, 1.82) is 0 Å². The molecule has 10 heteroatoms. The Balaban J connectivity index is 1.61. The van der Waals surface area contributed by atoms with E-state index >= 15 is 0 Å². The first-order valence-corrected chi connectivity index (χ1v) is 10.1. The van der Waals surface area contributed by atoms with Crippen LogP contribution < -0.4 is 4.72 Å². The number of piperidine rings is 1. The van der Waals surface area contributed by atoms with Gasteiger partial charge in [0.2, 0.25) is 10.0 Å². The number of benzene rings is 2. The number of rotatable bonds is 5. The van der Waals surface area contributed by atoms with E-state index in [4.69, 9.17) is 0 Å². The summed E-state index contributed by atoms with van der Waals surface area (Å²) in [5, 5.41) is 10.9. The van der Waals surface area contributed by atoms with E-state index in [2.05, 4.69) is 4.72 Å². The van der Waals surface area contributed by atoms with Gasteiger partial charge in [-0.15, -0.1) is 0 Å². The minimum absolute atomic E-state index is 0.0241. The Morgan fingerprint density at radius 3 is 2.39 bits per heavy atom. The van der Waals surface area contributed by atoms with Gasteiger partial charge in [0.1, 0.15) is 5.82 Å². The minimum Gasteiger partial charge on any atom is -0.339 e. The Bertz CT molecular complexity index is 987. The highest BCUT2D eigenvalue weighted by molar-refractivity contribution is 7.89. The van der Waals surface area contributed by atoms with Crippen LogP contribution in [0.4, 0.5) is 10.1 Å². The Labute approximate surface area is 161 Å². The third-order valence-corrected chi connectivity index (χ3v) is 6.07. The molecule has 0 saturated carbocycles. The second-order valence-electron chi connectivity index (χ2n) is 6.45. The third kappa shape index (κ3) is 4.52. The van der Waals surface area contributed by atoms with Gasteiger partial charge in [0.25, 0.3) is 11.6 Å². The smallest absolute Gasteiger partial charge is 0.270 e. The molecule has 148 valence electrons. The van der Waals surface area contributed by atoms with Crippen LogP contribution in [0.25, 0.3) is 0 Å². The molecule has 1 N–H and O–H groups in total. The van der Waals surface area contributed by atoms with Gasteiger partial charge in [-0.3, -0.25) is 14.9 Å². The van der Waals surface area contributed by atoms with Gasteiger partial charge < -0.3 is 4.90 Å². The number of non-ortho nitro benzene ring substituents is 1. The molecule has 0 atom stereocenters. The van der Waals surface area contributed by atoms with Crippen molar-refractivity contribution in [2.75, 3.05) is 13.1 Å². The molecule has 0 aromatic heterocycles. The lowest BCUT2D eigenvalue weighted by atomic mass is 10.0. The molecular weight excluding hydrogens is 389 g/mol. The zero-order valence-corrected chi connectivity index (χ0v) is 15.6. The van der Waals surface area contributed by atoms with E-state index in [-0.39, 0.29) is 28.1 Å². The van der Waals surface area contributed by atoms with Crippen LogP contribution in [0.5, 0.6) is 0 Å². The Hall–Kier alpha value is -2.85. The van der Waals surface area contributed by atoms with Crippen LogP contribution >= 0.6 is 0 Å². The number of nitro groups is 1. The molecule has 1 heterocycles.